The van der Waals surface area contributed by atoms with Crippen LogP contribution < -0.4 is 0 Å². The third-order valence-corrected chi connectivity index (χ3v) is 6.47. The van der Waals surface area contributed by atoms with Crippen molar-refractivity contribution in [1.82, 2.24) is 0 Å². The lowest BCUT2D eigenvalue weighted by Gasteiger charge is -2.33. The van der Waals surface area contributed by atoms with Gasteiger partial charge in [0.2, 0.25) is 0 Å². The van der Waals surface area contributed by atoms with Gasteiger partial charge < -0.3 is 14.9 Å². The first-order valence-corrected chi connectivity index (χ1v) is 10.6. The van der Waals surface area contributed by atoms with Crippen molar-refractivity contribution in [2.45, 2.75) is 5.60 Å². The number of cyclic esters (lactones) is 1. The average molecular weight is 452 g/mol. The molecular weight excluding hydrogens is 436 g/mol. The van der Waals surface area contributed by atoms with Crippen molar-refractivity contribution in [3.8, 4) is 11.5 Å². The van der Waals surface area contributed by atoms with Gasteiger partial charge in [-0.2, -0.15) is 0 Å². The Labute approximate surface area is 192 Å². The van der Waals surface area contributed by atoms with Gasteiger partial charge in [0.15, 0.2) is 28.7 Å². The van der Waals surface area contributed by atoms with E-state index >= 15 is 8.78 Å². The molecule has 0 saturated heterocycles. The predicted octanol–water partition coefficient (Wildman–Crippen LogP) is 6.14. The van der Waals surface area contributed by atoms with Crippen LogP contribution in [0.2, 0.25) is 0 Å². The number of ether oxygens (including phenoxy) is 1. The number of hydrogen-bond donors (Lipinski definition) is 2. The molecule has 34 heavy (non-hydrogen) atoms. The van der Waals surface area contributed by atoms with E-state index in [0.29, 0.717) is 16.3 Å². The standard InChI is InChI=1S/C28H16F2O4/c29-23-13-21(15-7-1-3-9-17(15)25(23)31)28(20-12-6-5-11-19(20)27(33)34-28)22-14-24(30)26(32)18-10-4-2-8-16(18)22/h1-14,31-32H/i29-1,30-1. The Morgan fingerprint density at radius 2 is 1.06 bits per heavy atom. The van der Waals surface area contributed by atoms with Crippen LogP contribution in [0.4, 0.5) is 8.78 Å². The molecule has 0 bridgehead atoms. The summed E-state index contributed by atoms with van der Waals surface area (Å²) in [7, 11) is 0. The minimum absolute atomic E-state index is 0.223. The van der Waals surface area contributed by atoms with Gasteiger partial charge in [0.25, 0.3) is 0 Å². The fourth-order valence-corrected chi connectivity index (χ4v) is 5.00. The lowest BCUT2D eigenvalue weighted by Crippen LogP contribution is -2.30. The van der Waals surface area contributed by atoms with Crippen molar-refractivity contribution in [3.05, 3.63) is 119 Å². The Morgan fingerprint density at radius 1 is 0.618 bits per heavy atom. The van der Waals surface area contributed by atoms with Gasteiger partial charge in [-0.15, -0.1) is 0 Å². The lowest BCUT2D eigenvalue weighted by molar-refractivity contribution is 0.0258. The SMILES string of the molecule is O=C1OC(c2cc([18F])c(O)c3ccccc23)(c2cc([18F])c(O)c3ccccc23)c2ccccc21. The highest BCUT2D eigenvalue weighted by atomic mass is 18.2. The number of benzene rings is 5. The van der Waals surface area contributed by atoms with Gasteiger partial charge in [-0.25, -0.2) is 13.6 Å². The summed E-state index contributed by atoms with van der Waals surface area (Å²) in [5.74, 6) is -3.53. The largest absolute Gasteiger partial charge is 0.504 e. The van der Waals surface area contributed by atoms with Crippen LogP contribution in [0.5, 0.6) is 11.5 Å². The third-order valence-electron chi connectivity index (χ3n) is 6.47. The highest BCUT2D eigenvalue weighted by Gasteiger charge is 2.50. The van der Waals surface area contributed by atoms with Crippen LogP contribution in [0.1, 0.15) is 27.0 Å². The minimum Gasteiger partial charge on any atom is -0.504 e. The Hall–Kier alpha value is -4.45. The zero-order valence-corrected chi connectivity index (χ0v) is 17.5. The molecule has 0 amide bonds. The molecule has 0 aliphatic carbocycles. The van der Waals surface area contributed by atoms with E-state index in [1.165, 1.54) is 0 Å². The van der Waals surface area contributed by atoms with Crippen molar-refractivity contribution in [2.24, 2.45) is 0 Å². The third kappa shape index (κ3) is 2.53. The topological polar surface area (TPSA) is 66.8 Å². The molecule has 0 saturated carbocycles. The van der Waals surface area contributed by atoms with Crippen molar-refractivity contribution < 1.29 is 28.5 Å². The minimum atomic E-state index is -1.74. The number of phenolic OH excluding ortho intramolecular Hbond substituents is 2. The smallest absolute Gasteiger partial charge is 0.340 e. The van der Waals surface area contributed by atoms with Crippen LogP contribution in [0.3, 0.4) is 0 Å². The van der Waals surface area contributed by atoms with E-state index in [1.807, 2.05) is 0 Å². The van der Waals surface area contributed by atoms with Gasteiger partial charge >= 0.3 is 5.97 Å². The molecule has 5 aromatic rings. The van der Waals surface area contributed by atoms with E-state index in [9.17, 15) is 15.0 Å². The van der Waals surface area contributed by atoms with Gasteiger partial charge in [-0.1, -0.05) is 66.7 Å². The number of fused-ring (bicyclic) bond motifs is 3. The summed E-state index contributed by atoms with van der Waals surface area (Å²) in [5.41, 5.74) is -0.613. The van der Waals surface area contributed by atoms with E-state index < -0.39 is 34.7 Å². The number of esters is 1. The molecule has 0 radical (unpaired) electrons. The predicted molar refractivity (Wildman–Crippen MR) is 123 cm³/mol. The molecule has 0 fully saturated rings. The summed E-state index contributed by atoms with van der Waals surface area (Å²) in [6.07, 6.45) is 0. The number of carbonyl (C=O) groups is 1. The zero-order chi connectivity index (χ0) is 23.6. The van der Waals surface area contributed by atoms with Crippen LogP contribution in [-0.2, 0) is 10.3 Å². The number of phenols is 2. The summed E-state index contributed by atoms with van der Waals surface area (Å²) in [5, 5.41) is 22.1. The van der Waals surface area contributed by atoms with E-state index in [4.69, 9.17) is 4.74 Å². The number of hydrogen-bond acceptors (Lipinski definition) is 4. The molecule has 6 rings (SSSR count). The van der Waals surface area contributed by atoms with Crippen LogP contribution in [0.25, 0.3) is 21.5 Å². The molecule has 0 spiro atoms. The van der Waals surface area contributed by atoms with E-state index in [2.05, 4.69) is 0 Å². The molecule has 166 valence electrons. The van der Waals surface area contributed by atoms with E-state index in [0.717, 1.165) is 12.1 Å². The monoisotopic (exact) mass is 452 g/mol. The highest BCUT2D eigenvalue weighted by Crippen LogP contribution is 2.52. The van der Waals surface area contributed by atoms with Gasteiger partial charge in [-0.05, 0) is 29.0 Å². The van der Waals surface area contributed by atoms with Crippen LogP contribution in [0, 0.1) is 11.6 Å². The summed E-state index contributed by atoms with van der Waals surface area (Å²) in [6, 6.07) is 22.1. The lowest BCUT2D eigenvalue weighted by atomic mass is 9.76. The molecule has 5 aromatic carbocycles. The van der Waals surface area contributed by atoms with Crippen molar-refractivity contribution in [2.75, 3.05) is 0 Å². The van der Waals surface area contributed by atoms with Gasteiger partial charge in [-0.3, -0.25) is 0 Å². The molecule has 1 aliphatic rings. The Bertz CT molecular complexity index is 1570. The Morgan fingerprint density at radius 3 is 1.59 bits per heavy atom. The number of rotatable bonds is 2. The fourth-order valence-electron chi connectivity index (χ4n) is 5.00. The number of carbonyl (C=O) groups excluding carboxylic acids is 1. The molecule has 1 aliphatic heterocycles. The second kappa shape index (κ2) is 7.02. The first-order chi connectivity index (χ1) is 16.4. The average Bonchev–Trinajstić information content (AvgIpc) is 3.17. The zero-order valence-electron chi connectivity index (χ0n) is 17.5. The second-order valence-corrected chi connectivity index (χ2v) is 8.22. The molecule has 0 aromatic heterocycles. The molecular formula is C28H16F2O4. The van der Waals surface area contributed by atoms with Crippen molar-refractivity contribution in [3.63, 3.8) is 0 Å². The Kier molecular flexibility index (Phi) is 4.17. The Balaban J connectivity index is 1.86. The summed E-state index contributed by atoms with van der Waals surface area (Å²) >= 11 is 0. The maximum absolute atomic E-state index is 15.1. The second-order valence-electron chi connectivity index (χ2n) is 8.22. The van der Waals surface area contributed by atoms with E-state index in [-0.39, 0.29) is 27.5 Å². The number of aromatic hydroxyl groups is 2. The first kappa shape index (κ1) is 20.2. The molecule has 0 atom stereocenters. The quantitative estimate of drug-likeness (QED) is 0.316. The molecule has 1 heterocycles. The van der Waals surface area contributed by atoms with Crippen LogP contribution >= 0.6 is 0 Å². The summed E-state index contributed by atoms with van der Waals surface area (Å²) < 4.78 is 36.2. The summed E-state index contributed by atoms with van der Waals surface area (Å²) in [6.45, 7) is 0. The van der Waals surface area contributed by atoms with Crippen molar-refractivity contribution >= 4 is 27.5 Å². The summed E-state index contributed by atoms with van der Waals surface area (Å²) in [4.78, 5) is 13.1. The van der Waals surface area contributed by atoms with Crippen LogP contribution in [-0.4, -0.2) is 16.2 Å². The normalized spacial score (nSPS) is 14.4. The number of halogens is 2. The fraction of sp³-hybridized carbons (Fsp3) is 0.0357. The maximum atomic E-state index is 15.1. The maximum Gasteiger partial charge on any atom is 0.340 e. The molecule has 0 unspecified atom stereocenters. The van der Waals surface area contributed by atoms with Gasteiger partial charge in [0.1, 0.15) is 0 Å². The van der Waals surface area contributed by atoms with Crippen LogP contribution in [0.15, 0.2) is 84.9 Å². The van der Waals surface area contributed by atoms with Gasteiger partial charge in [0, 0.05) is 27.5 Å². The van der Waals surface area contributed by atoms with E-state index in [1.54, 1.807) is 72.8 Å². The molecule has 2 N–H and O–H groups in total. The van der Waals surface area contributed by atoms with Gasteiger partial charge in [0.05, 0.1) is 5.56 Å². The molecule has 4 nitrogen and oxygen atoms in total. The van der Waals surface area contributed by atoms with Crippen molar-refractivity contribution in [1.29, 1.82) is 0 Å². The molecule has 6 heteroatoms. The first-order valence-electron chi connectivity index (χ1n) is 10.6. The highest BCUT2D eigenvalue weighted by molar-refractivity contribution is 6.02.